The van der Waals surface area contributed by atoms with Crippen molar-refractivity contribution in [2.45, 2.75) is 57.4 Å². The van der Waals surface area contributed by atoms with Gasteiger partial charge in [-0.2, -0.15) is 0 Å². The number of anilines is 1. The molecule has 3 aliphatic carbocycles. The summed E-state index contributed by atoms with van der Waals surface area (Å²) in [7, 11) is 0. The van der Waals surface area contributed by atoms with E-state index in [0.29, 0.717) is 0 Å². The quantitative estimate of drug-likeness (QED) is 0.834. The van der Waals surface area contributed by atoms with Crippen molar-refractivity contribution in [1.29, 1.82) is 0 Å². The summed E-state index contributed by atoms with van der Waals surface area (Å²) in [6.07, 6.45) is 11.2. The zero-order valence-corrected chi connectivity index (χ0v) is 11.1. The summed E-state index contributed by atoms with van der Waals surface area (Å²) >= 11 is 0. The average molecular weight is 241 g/mol. The molecule has 0 unspecified atom stereocenters. The van der Waals surface area contributed by atoms with Crippen LogP contribution in [0.3, 0.4) is 0 Å². The molecule has 0 aromatic heterocycles. The molecule has 0 radical (unpaired) electrons. The summed E-state index contributed by atoms with van der Waals surface area (Å²) in [5.74, 6) is 1.97. The third kappa shape index (κ3) is 2.04. The molecule has 0 heterocycles. The Balaban J connectivity index is 1.59. The van der Waals surface area contributed by atoms with Gasteiger partial charge in [-0.1, -0.05) is 12.1 Å². The minimum absolute atomic E-state index is 0.790. The molecular formula is C17H23N. The maximum Gasteiger partial charge on any atom is 0.0377 e. The highest BCUT2D eigenvalue weighted by Gasteiger charge is 2.41. The maximum atomic E-state index is 3.93. The molecular weight excluding hydrogens is 218 g/mol. The fourth-order valence-electron chi connectivity index (χ4n) is 3.63. The first kappa shape index (κ1) is 10.9. The van der Waals surface area contributed by atoms with Gasteiger partial charge in [0.15, 0.2) is 0 Å². The van der Waals surface area contributed by atoms with Crippen molar-refractivity contribution in [2.24, 2.45) is 11.8 Å². The van der Waals surface area contributed by atoms with Crippen LogP contribution in [0.5, 0.6) is 0 Å². The van der Waals surface area contributed by atoms with Gasteiger partial charge in [0.2, 0.25) is 0 Å². The van der Waals surface area contributed by atoms with Crippen LogP contribution >= 0.6 is 0 Å². The average Bonchev–Trinajstić information content (AvgIpc) is 3.29. The zero-order valence-electron chi connectivity index (χ0n) is 11.1. The van der Waals surface area contributed by atoms with Crippen LogP contribution in [-0.2, 0) is 12.8 Å². The molecule has 0 spiro atoms. The molecule has 2 fully saturated rings. The third-order valence-electron chi connectivity index (χ3n) is 4.98. The SMILES string of the molecule is c1cc2c(c(NC(C3CC3)C3CC3)c1)CCCC2. The smallest absolute Gasteiger partial charge is 0.0377 e. The van der Waals surface area contributed by atoms with E-state index in [1.54, 1.807) is 11.1 Å². The van der Waals surface area contributed by atoms with Gasteiger partial charge in [-0.05, 0) is 80.4 Å². The van der Waals surface area contributed by atoms with Crippen LogP contribution < -0.4 is 5.32 Å². The second-order valence-corrected chi connectivity index (χ2v) is 6.50. The van der Waals surface area contributed by atoms with Gasteiger partial charge in [-0.15, -0.1) is 0 Å². The Bertz CT molecular complexity index is 431. The monoisotopic (exact) mass is 241 g/mol. The van der Waals surface area contributed by atoms with Gasteiger partial charge in [0.25, 0.3) is 0 Å². The fraction of sp³-hybridized carbons (Fsp3) is 0.647. The number of rotatable bonds is 4. The Morgan fingerprint density at radius 1 is 0.944 bits per heavy atom. The zero-order chi connectivity index (χ0) is 11.9. The Labute approximate surface area is 110 Å². The largest absolute Gasteiger partial charge is 0.382 e. The predicted molar refractivity (Wildman–Crippen MR) is 75.9 cm³/mol. The highest BCUT2D eigenvalue weighted by Crippen LogP contribution is 2.46. The van der Waals surface area contributed by atoms with Crippen molar-refractivity contribution in [3.05, 3.63) is 29.3 Å². The number of fused-ring (bicyclic) bond motifs is 1. The molecule has 1 heteroatoms. The molecule has 18 heavy (non-hydrogen) atoms. The maximum absolute atomic E-state index is 3.93. The lowest BCUT2D eigenvalue weighted by Gasteiger charge is -2.25. The number of hydrogen-bond donors (Lipinski definition) is 1. The molecule has 0 saturated heterocycles. The fourth-order valence-corrected chi connectivity index (χ4v) is 3.63. The molecule has 1 aromatic rings. The number of aryl methyl sites for hydroxylation is 1. The van der Waals surface area contributed by atoms with Gasteiger partial charge in [-0.3, -0.25) is 0 Å². The molecule has 0 amide bonds. The third-order valence-corrected chi connectivity index (χ3v) is 4.98. The first-order valence-electron chi connectivity index (χ1n) is 7.79. The van der Waals surface area contributed by atoms with Crippen molar-refractivity contribution in [3.8, 4) is 0 Å². The van der Waals surface area contributed by atoms with E-state index in [1.807, 2.05) is 0 Å². The van der Waals surface area contributed by atoms with Crippen molar-refractivity contribution >= 4 is 5.69 Å². The Morgan fingerprint density at radius 2 is 1.67 bits per heavy atom. The standard InChI is InChI=1S/C17H23N/c1-2-6-15-12(4-1)5-3-7-16(15)18-17(13-8-9-13)14-10-11-14/h3,5,7,13-14,17-18H,1-2,4,6,8-11H2. The lowest BCUT2D eigenvalue weighted by atomic mass is 9.90. The van der Waals surface area contributed by atoms with E-state index < -0.39 is 0 Å². The van der Waals surface area contributed by atoms with Crippen LogP contribution in [-0.4, -0.2) is 6.04 Å². The number of nitrogens with one attached hydrogen (secondary N) is 1. The predicted octanol–water partition coefficient (Wildman–Crippen LogP) is 4.17. The second kappa shape index (κ2) is 4.29. The highest BCUT2D eigenvalue weighted by molar-refractivity contribution is 5.56. The molecule has 1 nitrogen and oxygen atoms in total. The first-order chi connectivity index (χ1) is 8.92. The van der Waals surface area contributed by atoms with Crippen LogP contribution in [0.15, 0.2) is 18.2 Å². The molecule has 1 aromatic carbocycles. The van der Waals surface area contributed by atoms with E-state index in [0.717, 1.165) is 17.9 Å². The van der Waals surface area contributed by atoms with Crippen molar-refractivity contribution in [1.82, 2.24) is 0 Å². The Kier molecular flexibility index (Phi) is 2.60. The van der Waals surface area contributed by atoms with Gasteiger partial charge in [-0.25, -0.2) is 0 Å². The van der Waals surface area contributed by atoms with E-state index in [4.69, 9.17) is 0 Å². The number of hydrogen-bond acceptors (Lipinski definition) is 1. The summed E-state index contributed by atoms with van der Waals surface area (Å²) in [6.45, 7) is 0. The van der Waals surface area contributed by atoms with Gasteiger partial charge in [0, 0.05) is 11.7 Å². The van der Waals surface area contributed by atoms with Gasteiger partial charge in [0.05, 0.1) is 0 Å². The summed E-state index contributed by atoms with van der Waals surface area (Å²) in [5, 5.41) is 3.93. The van der Waals surface area contributed by atoms with Crippen molar-refractivity contribution < 1.29 is 0 Å². The Morgan fingerprint density at radius 3 is 2.39 bits per heavy atom. The molecule has 0 bridgehead atoms. The summed E-state index contributed by atoms with van der Waals surface area (Å²) in [5.41, 5.74) is 4.71. The van der Waals surface area contributed by atoms with E-state index >= 15 is 0 Å². The molecule has 2 saturated carbocycles. The lowest BCUT2D eigenvalue weighted by Crippen LogP contribution is -2.25. The molecule has 1 N–H and O–H groups in total. The van der Waals surface area contributed by atoms with Crippen LogP contribution in [0, 0.1) is 11.8 Å². The first-order valence-corrected chi connectivity index (χ1v) is 7.79. The molecule has 4 rings (SSSR count). The van der Waals surface area contributed by atoms with Crippen molar-refractivity contribution in [2.75, 3.05) is 5.32 Å². The molecule has 0 aliphatic heterocycles. The highest BCUT2D eigenvalue weighted by atomic mass is 15.0. The van der Waals surface area contributed by atoms with Crippen LogP contribution in [0.2, 0.25) is 0 Å². The summed E-state index contributed by atoms with van der Waals surface area (Å²) in [6, 6.07) is 7.70. The van der Waals surface area contributed by atoms with Crippen LogP contribution in [0.25, 0.3) is 0 Å². The van der Waals surface area contributed by atoms with E-state index in [-0.39, 0.29) is 0 Å². The van der Waals surface area contributed by atoms with Gasteiger partial charge in [0.1, 0.15) is 0 Å². The van der Waals surface area contributed by atoms with E-state index in [2.05, 4.69) is 23.5 Å². The van der Waals surface area contributed by atoms with Crippen LogP contribution in [0.1, 0.15) is 49.7 Å². The van der Waals surface area contributed by atoms with E-state index in [9.17, 15) is 0 Å². The minimum Gasteiger partial charge on any atom is -0.382 e. The van der Waals surface area contributed by atoms with Crippen LogP contribution in [0.4, 0.5) is 5.69 Å². The normalized spacial score (nSPS) is 22.9. The topological polar surface area (TPSA) is 12.0 Å². The van der Waals surface area contributed by atoms with Gasteiger partial charge >= 0.3 is 0 Å². The summed E-state index contributed by atoms with van der Waals surface area (Å²) < 4.78 is 0. The molecule has 96 valence electrons. The Hall–Kier alpha value is -0.980. The van der Waals surface area contributed by atoms with Gasteiger partial charge < -0.3 is 5.32 Å². The van der Waals surface area contributed by atoms with E-state index in [1.165, 1.54) is 57.1 Å². The molecule has 3 aliphatic rings. The van der Waals surface area contributed by atoms with Crippen molar-refractivity contribution in [3.63, 3.8) is 0 Å². The second-order valence-electron chi connectivity index (χ2n) is 6.50. The summed E-state index contributed by atoms with van der Waals surface area (Å²) in [4.78, 5) is 0. The minimum atomic E-state index is 0.790. The lowest BCUT2D eigenvalue weighted by molar-refractivity contribution is 0.565. The molecule has 0 atom stereocenters. The number of benzene rings is 1.